The lowest BCUT2D eigenvalue weighted by Gasteiger charge is -2.17. The van der Waals surface area contributed by atoms with E-state index in [1.54, 1.807) is 36.4 Å². The fourth-order valence-corrected chi connectivity index (χ4v) is 1.89. The summed E-state index contributed by atoms with van der Waals surface area (Å²) in [5.41, 5.74) is 0.931. The number of ether oxygens (including phenoxy) is 1. The number of hydrogen-bond donors (Lipinski definition) is 1. The van der Waals surface area contributed by atoms with Crippen LogP contribution in [0, 0.1) is 11.3 Å². The van der Waals surface area contributed by atoms with Gasteiger partial charge in [0.25, 0.3) is 5.91 Å². The first-order chi connectivity index (χ1) is 10.2. The molecule has 1 atom stereocenters. The molecule has 0 heterocycles. The van der Waals surface area contributed by atoms with Gasteiger partial charge in [0.1, 0.15) is 11.8 Å². The lowest BCUT2D eigenvalue weighted by atomic mass is 10.2. The van der Waals surface area contributed by atoms with Crippen LogP contribution in [0.3, 0.4) is 0 Å². The maximum Gasteiger partial charge on any atom is 0.265 e. The number of benzene rings is 2. The van der Waals surface area contributed by atoms with Crippen LogP contribution in [0.1, 0.15) is 18.9 Å². The van der Waals surface area contributed by atoms with E-state index in [9.17, 15) is 4.79 Å². The Bertz CT molecular complexity index is 647. The molecule has 0 aliphatic heterocycles. The van der Waals surface area contributed by atoms with Crippen LogP contribution >= 0.6 is 0 Å². The number of para-hydroxylation sites is 2. The number of nitrogens with one attached hydrogen (secondary N) is 1. The minimum absolute atomic E-state index is 0.260. The van der Waals surface area contributed by atoms with Crippen LogP contribution in [-0.4, -0.2) is 12.0 Å². The number of rotatable bonds is 5. The van der Waals surface area contributed by atoms with Crippen LogP contribution in [0.4, 0.5) is 5.69 Å². The molecule has 21 heavy (non-hydrogen) atoms. The fourth-order valence-electron chi connectivity index (χ4n) is 1.89. The number of anilines is 1. The fraction of sp³-hybridized carbons (Fsp3) is 0.176. The Balaban J connectivity index is 2.09. The first kappa shape index (κ1) is 14.6. The molecule has 106 valence electrons. The summed E-state index contributed by atoms with van der Waals surface area (Å²) in [5.74, 6) is 0.386. The smallest absolute Gasteiger partial charge is 0.265 e. The highest BCUT2D eigenvalue weighted by Crippen LogP contribution is 2.17. The molecule has 0 aliphatic carbocycles. The predicted octanol–water partition coefficient (Wildman–Crippen LogP) is 3.35. The van der Waals surface area contributed by atoms with Gasteiger partial charge in [-0.25, -0.2) is 0 Å². The Morgan fingerprint density at radius 3 is 2.52 bits per heavy atom. The van der Waals surface area contributed by atoms with E-state index in [-0.39, 0.29) is 5.91 Å². The summed E-state index contributed by atoms with van der Waals surface area (Å²) in [4.78, 5) is 12.3. The van der Waals surface area contributed by atoms with Crippen LogP contribution in [0.2, 0.25) is 0 Å². The maximum atomic E-state index is 12.3. The van der Waals surface area contributed by atoms with E-state index in [1.165, 1.54) is 0 Å². The van der Waals surface area contributed by atoms with E-state index >= 15 is 0 Å². The minimum atomic E-state index is -0.598. The average molecular weight is 280 g/mol. The summed E-state index contributed by atoms with van der Waals surface area (Å²) in [7, 11) is 0. The van der Waals surface area contributed by atoms with Crippen LogP contribution < -0.4 is 10.1 Å². The number of nitrogens with zero attached hydrogens (tertiary/aromatic N) is 1. The molecule has 0 aliphatic rings. The summed E-state index contributed by atoms with van der Waals surface area (Å²) in [6, 6.07) is 18.1. The first-order valence-corrected chi connectivity index (χ1v) is 6.76. The van der Waals surface area contributed by atoms with Crippen LogP contribution in [-0.2, 0) is 4.79 Å². The van der Waals surface area contributed by atoms with Crippen LogP contribution in [0.15, 0.2) is 54.6 Å². The quantitative estimate of drug-likeness (QED) is 0.913. The van der Waals surface area contributed by atoms with Crippen molar-refractivity contribution in [3.05, 3.63) is 60.2 Å². The topological polar surface area (TPSA) is 62.1 Å². The van der Waals surface area contributed by atoms with Gasteiger partial charge in [-0.15, -0.1) is 0 Å². The van der Waals surface area contributed by atoms with Crippen molar-refractivity contribution in [3.63, 3.8) is 0 Å². The predicted molar refractivity (Wildman–Crippen MR) is 80.9 cm³/mol. The van der Waals surface area contributed by atoms with Gasteiger partial charge in [0.15, 0.2) is 6.10 Å². The molecule has 4 nitrogen and oxygen atoms in total. The summed E-state index contributed by atoms with van der Waals surface area (Å²) in [6.07, 6.45) is -0.0609. The molecular formula is C17H16N2O2. The van der Waals surface area contributed by atoms with Gasteiger partial charge in [-0.3, -0.25) is 4.79 Å². The zero-order valence-corrected chi connectivity index (χ0v) is 11.7. The second-order valence-electron chi connectivity index (χ2n) is 4.47. The molecule has 0 fully saturated rings. The van der Waals surface area contributed by atoms with Crippen molar-refractivity contribution in [1.29, 1.82) is 5.26 Å². The molecule has 2 aromatic carbocycles. The van der Waals surface area contributed by atoms with Gasteiger partial charge in [0.05, 0.1) is 11.3 Å². The van der Waals surface area contributed by atoms with E-state index in [4.69, 9.17) is 10.00 Å². The number of carbonyl (C=O) groups is 1. The maximum absolute atomic E-state index is 12.3. The molecule has 1 amide bonds. The average Bonchev–Trinajstić information content (AvgIpc) is 2.54. The number of hydrogen-bond acceptors (Lipinski definition) is 3. The zero-order chi connectivity index (χ0) is 15.1. The molecule has 1 N–H and O–H groups in total. The third kappa shape index (κ3) is 3.83. The first-order valence-electron chi connectivity index (χ1n) is 6.76. The van der Waals surface area contributed by atoms with Crippen molar-refractivity contribution in [3.8, 4) is 11.8 Å². The van der Waals surface area contributed by atoms with E-state index in [1.807, 2.05) is 25.1 Å². The minimum Gasteiger partial charge on any atom is -0.481 e. The zero-order valence-electron chi connectivity index (χ0n) is 11.7. The van der Waals surface area contributed by atoms with Gasteiger partial charge < -0.3 is 10.1 Å². The van der Waals surface area contributed by atoms with Crippen molar-refractivity contribution in [2.24, 2.45) is 0 Å². The molecule has 0 saturated carbocycles. The second kappa shape index (κ2) is 7.11. The van der Waals surface area contributed by atoms with Crippen LogP contribution in [0.5, 0.6) is 5.75 Å². The van der Waals surface area contributed by atoms with E-state index in [0.717, 1.165) is 0 Å². The third-order valence-electron chi connectivity index (χ3n) is 2.99. The molecule has 0 saturated heterocycles. The summed E-state index contributed by atoms with van der Waals surface area (Å²) >= 11 is 0. The highest BCUT2D eigenvalue weighted by Gasteiger charge is 2.19. The number of nitriles is 1. The SMILES string of the molecule is CCC(Oc1ccccc1)C(=O)Nc1ccccc1C#N. The summed E-state index contributed by atoms with van der Waals surface area (Å²) in [5, 5.41) is 11.8. The standard InChI is InChI=1S/C17H16N2O2/c1-2-16(21-14-9-4-3-5-10-14)17(20)19-15-11-7-6-8-13(15)12-18/h3-11,16H,2H2,1H3,(H,19,20). The van der Waals surface area contributed by atoms with Gasteiger partial charge in [-0.05, 0) is 30.7 Å². The van der Waals surface area contributed by atoms with Gasteiger partial charge in [0, 0.05) is 0 Å². The third-order valence-corrected chi connectivity index (χ3v) is 2.99. The molecule has 0 aromatic heterocycles. The van der Waals surface area contributed by atoms with E-state index in [0.29, 0.717) is 23.4 Å². The van der Waals surface area contributed by atoms with Gasteiger partial charge >= 0.3 is 0 Å². The number of amides is 1. The molecule has 2 rings (SSSR count). The molecule has 0 bridgehead atoms. The Hall–Kier alpha value is -2.80. The van der Waals surface area contributed by atoms with Crippen LogP contribution in [0.25, 0.3) is 0 Å². The molecule has 1 unspecified atom stereocenters. The Kier molecular flexibility index (Phi) is 4.94. The molecular weight excluding hydrogens is 264 g/mol. The van der Waals surface area contributed by atoms with Crippen molar-refractivity contribution >= 4 is 11.6 Å². The second-order valence-corrected chi connectivity index (χ2v) is 4.47. The molecule has 0 spiro atoms. The molecule has 4 heteroatoms. The van der Waals surface area contributed by atoms with Crippen molar-refractivity contribution in [1.82, 2.24) is 0 Å². The summed E-state index contributed by atoms with van der Waals surface area (Å²) < 4.78 is 5.68. The lowest BCUT2D eigenvalue weighted by molar-refractivity contribution is -0.122. The lowest BCUT2D eigenvalue weighted by Crippen LogP contribution is -2.32. The Morgan fingerprint density at radius 2 is 1.86 bits per heavy atom. The summed E-state index contributed by atoms with van der Waals surface area (Å²) in [6.45, 7) is 1.88. The van der Waals surface area contributed by atoms with Gasteiger partial charge in [-0.1, -0.05) is 37.3 Å². The normalized spacial score (nSPS) is 11.2. The molecule has 0 radical (unpaired) electrons. The Morgan fingerprint density at radius 1 is 1.19 bits per heavy atom. The van der Waals surface area contributed by atoms with E-state index < -0.39 is 6.10 Å². The van der Waals surface area contributed by atoms with E-state index in [2.05, 4.69) is 11.4 Å². The monoisotopic (exact) mass is 280 g/mol. The van der Waals surface area contributed by atoms with Crippen molar-refractivity contribution in [2.45, 2.75) is 19.4 Å². The van der Waals surface area contributed by atoms with Gasteiger partial charge in [0.2, 0.25) is 0 Å². The van der Waals surface area contributed by atoms with Crippen molar-refractivity contribution in [2.75, 3.05) is 5.32 Å². The largest absolute Gasteiger partial charge is 0.481 e. The highest BCUT2D eigenvalue weighted by atomic mass is 16.5. The molecule has 2 aromatic rings. The number of carbonyl (C=O) groups excluding carboxylic acids is 1. The highest BCUT2D eigenvalue weighted by molar-refractivity contribution is 5.95. The van der Waals surface area contributed by atoms with Gasteiger partial charge in [-0.2, -0.15) is 5.26 Å². The Labute approximate surface area is 124 Å². The van der Waals surface area contributed by atoms with Crippen molar-refractivity contribution < 1.29 is 9.53 Å².